The number of ether oxygens (including phenoxy) is 1. The molecular formula is C20H18O2. The highest BCUT2D eigenvalue weighted by Crippen LogP contribution is 2.53. The first kappa shape index (κ1) is 14.3. The Morgan fingerprint density at radius 1 is 1.14 bits per heavy atom. The fraction of sp³-hybridized carbons (Fsp3) is 0.150. The van der Waals surface area contributed by atoms with Gasteiger partial charge in [0.2, 0.25) is 0 Å². The number of carbonyl (C=O) groups is 1. The molecule has 0 N–H and O–H groups in total. The van der Waals surface area contributed by atoms with Gasteiger partial charge in [-0.15, -0.1) is 6.58 Å². The molecule has 2 aromatic rings. The number of fused-ring (bicyclic) bond motifs is 3. The molecule has 0 spiro atoms. The largest absolute Gasteiger partial charge is 0.423 e. The second kappa shape index (κ2) is 5.30. The van der Waals surface area contributed by atoms with E-state index in [0.717, 1.165) is 17.5 Å². The van der Waals surface area contributed by atoms with E-state index in [1.807, 2.05) is 30.3 Å². The first-order valence-electron chi connectivity index (χ1n) is 7.30. The third-order valence-corrected chi connectivity index (χ3v) is 4.32. The summed E-state index contributed by atoms with van der Waals surface area (Å²) in [7, 11) is 0. The van der Waals surface area contributed by atoms with Crippen LogP contribution in [0.4, 0.5) is 0 Å². The lowest BCUT2D eigenvalue weighted by molar-refractivity contribution is -0.129. The highest BCUT2D eigenvalue weighted by molar-refractivity contribution is 5.87. The van der Waals surface area contributed by atoms with Gasteiger partial charge in [0.15, 0.2) is 0 Å². The molecular weight excluding hydrogens is 272 g/mol. The number of rotatable bonds is 4. The van der Waals surface area contributed by atoms with E-state index in [0.29, 0.717) is 5.75 Å². The van der Waals surface area contributed by atoms with E-state index in [2.05, 4.69) is 38.3 Å². The van der Waals surface area contributed by atoms with E-state index < -0.39 is 5.97 Å². The van der Waals surface area contributed by atoms with Gasteiger partial charge in [0.05, 0.1) is 0 Å². The van der Waals surface area contributed by atoms with Crippen LogP contribution in [0, 0.1) is 0 Å². The first-order valence-corrected chi connectivity index (χ1v) is 7.30. The Morgan fingerprint density at radius 2 is 1.86 bits per heavy atom. The SMILES string of the molecule is C=CCC1(C)c2ccccc2-c2cccc(OC(=O)C=C)c21. The molecule has 0 aromatic heterocycles. The average Bonchev–Trinajstić information content (AvgIpc) is 2.79. The van der Waals surface area contributed by atoms with Gasteiger partial charge < -0.3 is 4.74 Å². The molecule has 0 bridgehead atoms. The van der Waals surface area contributed by atoms with E-state index in [9.17, 15) is 4.79 Å². The summed E-state index contributed by atoms with van der Waals surface area (Å²) in [6, 6.07) is 14.2. The van der Waals surface area contributed by atoms with Gasteiger partial charge in [0.25, 0.3) is 0 Å². The second-order valence-corrected chi connectivity index (χ2v) is 5.67. The van der Waals surface area contributed by atoms with Crippen molar-refractivity contribution in [3.8, 4) is 16.9 Å². The number of hydrogen-bond acceptors (Lipinski definition) is 2. The molecule has 2 nitrogen and oxygen atoms in total. The maximum Gasteiger partial charge on any atom is 0.335 e. The van der Waals surface area contributed by atoms with Crippen LogP contribution in [0.3, 0.4) is 0 Å². The molecule has 0 amide bonds. The zero-order valence-electron chi connectivity index (χ0n) is 12.6. The van der Waals surface area contributed by atoms with Crippen molar-refractivity contribution in [3.05, 3.63) is 78.9 Å². The van der Waals surface area contributed by atoms with Crippen molar-refractivity contribution >= 4 is 5.97 Å². The summed E-state index contributed by atoms with van der Waals surface area (Å²) in [5, 5.41) is 0. The molecule has 1 atom stereocenters. The summed E-state index contributed by atoms with van der Waals surface area (Å²) < 4.78 is 5.49. The summed E-state index contributed by atoms with van der Waals surface area (Å²) in [6.07, 6.45) is 3.88. The highest BCUT2D eigenvalue weighted by Gasteiger charge is 2.40. The molecule has 2 heteroatoms. The molecule has 0 saturated carbocycles. The zero-order valence-corrected chi connectivity index (χ0v) is 12.6. The van der Waals surface area contributed by atoms with Crippen LogP contribution in [0.1, 0.15) is 24.5 Å². The van der Waals surface area contributed by atoms with Gasteiger partial charge in [-0.05, 0) is 29.2 Å². The summed E-state index contributed by atoms with van der Waals surface area (Å²) in [6.45, 7) is 9.54. The molecule has 1 aliphatic carbocycles. The van der Waals surface area contributed by atoms with Crippen LogP contribution < -0.4 is 4.74 Å². The van der Waals surface area contributed by atoms with Gasteiger partial charge >= 0.3 is 5.97 Å². The molecule has 2 aromatic carbocycles. The molecule has 1 aliphatic rings. The van der Waals surface area contributed by atoms with E-state index in [-0.39, 0.29) is 5.41 Å². The minimum absolute atomic E-state index is 0.244. The zero-order chi connectivity index (χ0) is 15.7. The first-order chi connectivity index (χ1) is 10.6. The van der Waals surface area contributed by atoms with Crippen LogP contribution in [0.25, 0.3) is 11.1 Å². The van der Waals surface area contributed by atoms with Gasteiger partial charge in [-0.3, -0.25) is 0 Å². The maximum absolute atomic E-state index is 11.7. The Kier molecular flexibility index (Phi) is 3.45. The van der Waals surface area contributed by atoms with Gasteiger partial charge in [-0.1, -0.05) is 56.0 Å². The Hall–Kier alpha value is -2.61. The summed E-state index contributed by atoms with van der Waals surface area (Å²) in [4.78, 5) is 11.7. The third-order valence-electron chi connectivity index (χ3n) is 4.32. The fourth-order valence-corrected chi connectivity index (χ4v) is 3.39. The summed E-state index contributed by atoms with van der Waals surface area (Å²) >= 11 is 0. The summed E-state index contributed by atoms with van der Waals surface area (Å²) in [5.41, 5.74) is 4.36. The Bertz CT molecular complexity index is 773. The predicted octanol–water partition coefficient (Wildman–Crippen LogP) is 4.64. The van der Waals surface area contributed by atoms with Crippen molar-refractivity contribution in [2.45, 2.75) is 18.8 Å². The van der Waals surface area contributed by atoms with Gasteiger partial charge in [0, 0.05) is 17.1 Å². The number of carbonyl (C=O) groups excluding carboxylic acids is 1. The van der Waals surface area contributed by atoms with Crippen molar-refractivity contribution in [2.75, 3.05) is 0 Å². The van der Waals surface area contributed by atoms with Crippen molar-refractivity contribution < 1.29 is 9.53 Å². The molecule has 3 rings (SSSR count). The Balaban J connectivity index is 2.26. The topological polar surface area (TPSA) is 26.3 Å². The number of esters is 1. The molecule has 0 saturated heterocycles. The average molecular weight is 290 g/mol. The standard InChI is InChI=1S/C20H18O2/c1-4-13-20(3)16-11-7-6-9-14(16)15-10-8-12-17(19(15)20)22-18(21)5-2/h4-12H,1-2,13H2,3H3. The number of benzene rings is 2. The Morgan fingerprint density at radius 3 is 2.59 bits per heavy atom. The molecule has 22 heavy (non-hydrogen) atoms. The molecule has 0 aliphatic heterocycles. The van der Waals surface area contributed by atoms with E-state index in [1.54, 1.807) is 0 Å². The summed E-state index contributed by atoms with van der Waals surface area (Å²) in [5.74, 6) is 0.160. The maximum atomic E-state index is 11.7. The molecule has 1 unspecified atom stereocenters. The minimum Gasteiger partial charge on any atom is -0.423 e. The van der Waals surface area contributed by atoms with Crippen molar-refractivity contribution in [1.29, 1.82) is 0 Å². The van der Waals surface area contributed by atoms with Crippen molar-refractivity contribution in [1.82, 2.24) is 0 Å². The van der Waals surface area contributed by atoms with Gasteiger partial charge in [0.1, 0.15) is 5.75 Å². The van der Waals surface area contributed by atoms with E-state index in [4.69, 9.17) is 4.74 Å². The smallest absolute Gasteiger partial charge is 0.335 e. The van der Waals surface area contributed by atoms with Gasteiger partial charge in [-0.25, -0.2) is 4.79 Å². The predicted molar refractivity (Wildman–Crippen MR) is 89.0 cm³/mol. The van der Waals surface area contributed by atoms with Crippen LogP contribution in [0.2, 0.25) is 0 Å². The number of allylic oxidation sites excluding steroid dienone is 1. The third kappa shape index (κ3) is 2.00. The van der Waals surface area contributed by atoms with Crippen molar-refractivity contribution in [2.24, 2.45) is 0 Å². The lowest BCUT2D eigenvalue weighted by Crippen LogP contribution is -2.21. The molecule has 110 valence electrons. The quantitative estimate of drug-likeness (QED) is 0.355. The fourth-order valence-electron chi connectivity index (χ4n) is 3.39. The van der Waals surface area contributed by atoms with E-state index in [1.165, 1.54) is 17.2 Å². The lowest BCUT2D eigenvalue weighted by Gasteiger charge is -2.27. The Labute approximate surface area is 130 Å². The molecule has 0 heterocycles. The monoisotopic (exact) mass is 290 g/mol. The van der Waals surface area contributed by atoms with Crippen LogP contribution >= 0.6 is 0 Å². The minimum atomic E-state index is -0.440. The van der Waals surface area contributed by atoms with Crippen molar-refractivity contribution in [3.63, 3.8) is 0 Å². The second-order valence-electron chi connectivity index (χ2n) is 5.67. The van der Waals surface area contributed by atoms with Gasteiger partial charge in [-0.2, -0.15) is 0 Å². The van der Waals surface area contributed by atoms with E-state index >= 15 is 0 Å². The molecule has 0 radical (unpaired) electrons. The molecule has 0 fully saturated rings. The highest BCUT2D eigenvalue weighted by atomic mass is 16.5. The van der Waals surface area contributed by atoms with Crippen LogP contribution in [-0.2, 0) is 10.2 Å². The normalized spacial score (nSPS) is 18.2. The lowest BCUT2D eigenvalue weighted by atomic mass is 9.77. The van der Waals surface area contributed by atoms with Crippen LogP contribution in [0.15, 0.2) is 67.8 Å². The van der Waals surface area contributed by atoms with Crippen LogP contribution in [-0.4, -0.2) is 5.97 Å². The number of hydrogen-bond donors (Lipinski definition) is 0. The van der Waals surface area contributed by atoms with Crippen LogP contribution in [0.5, 0.6) is 5.75 Å².